The summed E-state index contributed by atoms with van der Waals surface area (Å²) in [4.78, 5) is 38.5. The Labute approximate surface area is 141 Å². The molecule has 4 rings (SSSR count). The predicted molar refractivity (Wildman–Crippen MR) is 87.8 cm³/mol. The number of carbonyl (C=O) groups excluding carboxylic acids is 2. The number of aryl methyl sites for hydroxylation is 1. The van der Waals surface area contributed by atoms with E-state index >= 15 is 0 Å². The Morgan fingerprint density at radius 1 is 1.04 bits per heavy atom. The van der Waals surface area contributed by atoms with Gasteiger partial charge in [0.25, 0.3) is 5.91 Å². The molecule has 1 aromatic rings. The van der Waals surface area contributed by atoms with E-state index in [0.29, 0.717) is 11.5 Å². The van der Waals surface area contributed by atoms with Crippen LogP contribution in [0.3, 0.4) is 0 Å². The third-order valence-corrected chi connectivity index (χ3v) is 5.87. The van der Waals surface area contributed by atoms with Crippen LogP contribution in [0, 0.1) is 5.92 Å². The van der Waals surface area contributed by atoms with Crippen molar-refractivity contribution >= 4 is 11.8 Å². The number of hydrogen-bond acceptors (Lipinski definition) is 4. The number of nitrogens with zero attached hydrogens (tertiary/aromatic N) is 1. The summed E-state index contributed by atoms with van der Waals surface area (Å²) < 4.78 is 5.21. The molecule has 5 heteroatoms. The fraction of sp³-hybridized carbons (Fsp3) is 0.632. The molecule has 0 atom stereocenters. The summed E-state index contributed by atoms with van der Waals surface area (Å²) in [6, 6.07) is 1.49. The molecule has 0 aromatic carbocycles. The van der Waals surface area contributed by atoms with E-state index in [2.05, 4.69) is 0 Å². The number of carbonyl (C=O) groups is 2. The molecular weight excluding hydrogens is 306 g/mol. The van der Waals surface area contributed by atoms with Gasteiger partial charge >= 0.3 is 5.63 Å². The van der Waals surface area contributed by atoms with Crippen LogP contribution in [0.5, 0.6) is 0 Å². The number of rotatable bonds is 4. The Hall–Kier alpha value is -1.91. The molecule has 2 aliphatic carbocycles. The first-order valence-corrected chi connectivity index (χ1v) is 9.16. The van der Waals surface area contributed by atoms with Crippen molar-refractivity contribution in [1.82, 2.24) is 4.90 Å². The van der Waals surface area contributed by atoms with Gasteiger partial charge in [0.1, 0.15) is 5.76 Å². The largest absolute Gasteiger partial charge is 0.426 e. The zero-order valence-corrected chi connectivity index (χ0v) is 13.9. The van der Waals surface area contributed by atoms with Crippen LogP contribution in [-0.4, -0.2) is 22.8 Å². The summed E-state index contributed by atoms with van der Waals surface area (Å²) in [5.41, 5.74) is 0.807. The first kappa shape index (κ1) is 15.6. The molecule has 2 amide bonds. The van der Waals surface area contributed by atoms with Crippen LogP contribution in [0.4, 0.5) is 0 Å². The molecule has 24 heavy (non-hydrogen) atoms. The van der Waals surface area contributed by atoms with Gasteiger partial charge in [0.05, 0.1) is 12.0 Å². The summed E-state index contributed by atoms with van der Waals surface area (Å²) >= 11 is 0. The minimum Gasteiger partial charge on any atom is -0.426 e. The highest BCUT2D eigenvalue weighted by atomic mass is 16.4. The SMILES string of the molecule is O=C1Cc2oc(=O)cc(CCC3CCCC3)c2C(=O)N1C1CCC1. The average molecular weight is 329 g/mol. The molecule has 2 saturated carbocycles. The van der Waals surface area contributed by atoms with E-state index in [1.54, 1.807) is 0 Å². The molecule has 5 nitrogen and oxygen atoms in total. The summed E-state index contributed by atoms with van der Waals surface area (Å²) in [7, 11) is 0. The lowest BCUT2D eigenvalue weighted by Gasteiger charge is -2.38. The van der Waals surface area contributed by atoms with Gasteiger partial charge in [-0.15, -0.1) is 0 Å². The summed E-state index contributed by atoms with van der Waals surface area (Å²) in [5.74, 6) is 0.481. The maximum atomic E-state index is 12.9. The Morgan fingerprint density at radius 2 is 1.79 bits per heavy atom. The Morgan fingerprint density at radius 3 is 2.46 bits per heavy atom. The van der Waals surface area contributed by atoms with Crippen LogP contribution in [0.2, 0.25) is 0 Å². The van der Waals surface area contributed by atoms with E-state index in [0.717, 1.165) is 37.7 Å². The van der Waals surface area contributed by atoms with E-state index in [4.69, 9.17) is 4.42 Å². The molecule has 1 aliphatic heterocycles. The normalized spacial score (nSPS) is 21.9. The van der Waals surface area contributed by atoms with E-state index in [-0.39, 0.29) is 30.0 Å². The quantitative estimate of drug-likeness (QED) is 0.797. The van der Waals surface area contributed by atoms with Crippen molar-refractivity contribution in [2.45, 2.75) is 70.3 Å². The highest BCUT2D eigenvalue weighted by Crippen LogP contribution is 2.33. The second kappa shape index (κ2) is 6.19. The molecule has 0 spiro atoms. The smallest absolute Gasteiger partial charge is 0.336 e. The van der Waals surface area contributed by atoms with Crippen LogP contribution < -0.4 is 5.63 Å². The third-order valence-electron chi connectivity index (χ3n) is 5.87. The van der Waals surface area contributed by atoms with Crippen molar-refractivity contribution in [1.29, 1.82) is 0 Å². The number of fused-ring (bicyclic) bond motifs is 1. The number of amides is 2. The second-order valence-electron chi connectivity index (χ2n) is 7.41. The Kier molecular flexibility index (Phi) is 4.02. The molecule has 2 heterocycles. The van der Waals surface area contributed by atoms with Crippen LogP contribution >= 0.6 is 0 Å². The van der Waals surface area contributed by atoms with Crippen molar-refractivity contribution in [3.05, 3.63) is 33.4 Å². The van der Waals surface area contributed by atoms with Gasteiger partial charge in [0.2, 0.25) is 5.91 Å². The van der Waals surface area contributed by atoms with Gasteiger partial charge in [-0.05, 0) is 43.6 Å². The molecular formula is C19H23NO4. The molecule has 0 unspecified atom stereocenters. The van der Waals surface area contributed by atoms with Gasteiger partial charge in [-0.3, -0.25) is 14.5 Å². The van der Waals surface area contributed by atoms with E-state index in [1.807, 2.05) is 0 Å². The molecule has 0 saturated heterocycles. The minimum atomic E-state index is -0.451. The zero-order chi connectivity index (χ0) is 16.7. The summed E-state index contributed by atoms with van der Waals surface area (Å²) in [5, 5.41) is 0. The van der Waals surface area contributed by atoms with E-state index in [1.165, 1.54) is 36.6 Å². The highest BCUT2D eigenvalue weighted by Gasteiger charge is 2.40. The standard InChI is InChI=1S/C19H23NO4/c21-16-11-15-18(19(23)20(16)14-6-3-7-14)13(10-17(22)24-15)9-8-12-4-1-2-5-12/h10,12,14H,1-9,11H2. The van der Waals surface area contributed by atoms with Gasteiger partial charge < -0.3 is 4.42 Å². The van der Waals surface area contributed by atoms with Crippen molar-refractivity contribution in [3.63, 3.8) is 0 Å². The summed E-state index contributed by atoms with van der Waals surface area (Å²) in [6.45, 7) is 0. The van der Waals surface area contributed by atoms with Crippen molar-refractivity contribution in [3.8, 4) is 0 Å². The fourth-order valence-electron chi connectivity index (χ4n) is 4.30. The molecule has 2 fully saturated rings. The molecule has 1 aromatic heterocycles. The van der Waals surface area contributed by atoms with Crippen LogP contribution in [0.25, 0.3) is 0 Å². The van der Waals surface area contributed by atoms with Gasteiger partial charge in [0.15, 0.2) is 0 Å². The predicted octanol–water partition coefficient (Wildman–Crippen LogP) is 2.84. The second-order valence-corrected chi connectivity index (χ2v) is 7.41. The van der Waals surface area contributed by atoms with Crippen molar-refractivity contribution in [2.24, 2.45) is 5.92 Å². The lowest BCUT2D eigenvalue weighted by molar-refractivity contribution is -0.132. The third kappa shape index (κ3) is 2.70. The molecule has 0 radical (unpaired) electrons. The highest BCUT2D eigenvalue weighted by molar-refractivity contribution is 6.10. The average Bonchev–Trinajstić information content (AvgIpc) is 2.99. The van der Waals surface area contributed by atoms with Gasteiger partial charge in [-0.2, -0.15) is 0 Å². The lowest BCUT2D eigenvalue weighted by atomic mass is 9.87. The van der Waals surface area contributed by atoms with Crippen molar-refractivity contribution < 1.29 is 14.0 Å². The minimum absolute atomic E-state index is 0.0318. The number of imide groups is 1. The number of hydrogen-bond donors (Lipinski definition) is 0. The zero-order valence-electron chi connectivity index (χ0n) is 13.9. The van der Waals surface area contributed by atoms with Gasteiger partial charge in [0, 0.05) is 12.1 Å². The maximum absolute atomic E-state index is 12.9. The molecule has 3 aliphatic rings. The Balaban J connectivity index is 1.64. The van der Waals surface area contributed by atoms with Gasteiger partial charge in [-0.1, -0.05) is 25.7 Å². The first-order chi connectivity index (χ1) is 11.6. The fourth-order valence-corrected chi connectivity index (χ4v) is 4.30. The van der Waals surface area contributed by atoms with Crippen LogP contribution in [0.1, 0.15) is 73.0 Å². The summed E-state index contributed by atoms with van der Waals surface area (Å²) in [6.07, 6.45) is 9.64. The van der Waals surface area contributed by atoms with E-state index < -0.39 is 5.63 Å². The molecule has 128 valence electrons. The van der Waals surface area contributed by atoms with Crippen molar-refractivity contribution in [2.75, 3.05) is 0 Å². The van der Waals surface area contributed by atoms with Gasteiger partial charge in [-0.25, -0.2) is 4.79 Å². The maximum Gasteiger partial charge on any atom is 0.336 e. The van der Waals surface area contributed by atoms with E-state index in [9.17, 15) is 14.4 Å². The lowest BCUT2D eigenvalue weighted by Crippen LogP contribution is -2.51. The van der Waals surface area contributed by atoms with Crippen LogP contribution in [-0.2, 0) is 17.6 Å². The topological polar surface area (TPSA) is 67.6 Å². The monoisotopic (exact) mass is 329 g/mol. The Bertz CT molecular complexity index is 725. The van der Waals surface area contributed by atoms with Crippen LogP contribution in [0.15, 0.2) is 15.3 Å². The first-order valence-electron chi connectivity index (χ1n) is 9.16. The molecule has 0 bridgehead atoms. The molecule has 0 N–H and O–H groups in total.